The lowest BCUT2D eigenvalue weighted by atomic mass is 10.2. The topological polar surface area (TPSA) is 72.9 Å². The summed E-state index contributed by atoms with van der Waals surface area (Å²) in [4.78, 5) is 12.2. The molecule has 6 heteroatoms. The average Bonchev–Trinajstić information content (AvgIpc) is 2.44. The molecule has 2 rings (SSSR count). The van der Waals surface area contributed by atoms with Crippen LogP contribution >= 0.6 is 15.9 Å². The van der Waals surface area contributed by atoms with E-state index in [2.05, 4.69) is 40.2 Å². The fourth-order valence-corrected chi connectivity index (χ4v) is 2.34. The van der Waals surface area contributed by atoms with Crippen molar-refractivity contribution in [3.63, 3.8) is 0 Å². The van der Waals surface area contributed by atoms with Gasteiger partial charge in [-0.1, -0.05) is 26.0 Å². The molecule has 112 valence electrons. The number of nitrogens with two attached hydrogens (primary N) is 1. The van der Waals surface area contributed by atoms with Crippen molar-refractivity contribution >= 4 is 27.3 Å². The summed E-state index contributed by atoms with van der Waals surface area (Å²) in [6.45, 7) is 5.31. The molecule has 0 atom stereocenters. The SMILES string of the molecule is CC(C)Cn1ncc(NCc2ccc(N)cc2)c(Br)c1=O. The largest absolute Gasteiger partial charge is 0.399 e. The van der Waals surface area contributed by atoms with E-state index in [9.17, 15) is 4.79 Å². The Bertz CT molecular complexity index is 664. The second-order valence-corrected chi connectivity index (χ2v) is 6.14. The maximum Gasteiger partial charge on any atom is 0.283 e. The maximum absolute atomic E-state index is 12.2. The third-order valence-electron chi connectivity index (χ3n) is 2.99. The summed E-state index contributed by atoms with van der Waals surface area (Å²) in [7, 11) is 0. The monoisotopic (exact) mass is 350 g/mol. The van der Waals surface area contributed by atoms with Crippen LogP contribution in [0.15, 0.2) is 39.7 Å². The van der Waals surface area contributed by atoms with Crippen LogP contribution in [0, 0.1) is 5.92 Å². The molecular weight excluding hydrogens is 332 g/mol. The van der Waals surface area contributed by atoms with Crippen molar-refractivity contribution in [3.05, 3.63) is 50.9 Å². The highest BCUT2D eigenvalue weighted by atomic mass is 79.9. The van der Waals surface area contributed by atoms with Crippen LogP contribution in [0.25, 0.3) is 0 Å². The minimum absolute atomic E-state index is 0.119. The Morgan fingerprint density at radius 2 is 2.00 bits per heavy atom. The maximum atomic E-state index is 12.2. The molecule has 0 radical (unpaired) electrons. The van der Waals surface area contributed by atoms with Gasteiger partial charge in [0.05, 0.1) is 11.9 Å². The fraction of sp³-hybridized carbons (Fsp3) is 0.333. The van der Waals surface area contributed by atoms with Crippen LogP contribution in [-0.2, 0) is 13.1 Å². The number of hydrogen-bond donors (Lipinski definition) is 2. The average molecular weight is 351 g/mol. The second kappa shape index (κ2) is 6.76. The van der Waals surface area contributed by atoms with E-state index in [4.69, 9.17) is 5.73 Å². The molecule has 0 aliphatic rings. The standard InChI is InChI=1S/C15H19BrN4O/c1-10(2)9-20-15(21)14(16)13(8-19-20)18-7-11-3-5-12(17)6-4-11/h3-6,8,10,18H,7,9,17H2,1-2H3. The minimum atomic E-state index is -0.119. The van der Waals surface area contributed by atoms with Gasteiger partial charge in [-0.15, -0.1) is 0 Å². The van der Waals surface area contributed by atoms with Crippen molar-refractivity contribution in [1.29, 1.82) is 0 Å². The number of halogens is 1. The molecule has 0 aliphatic heterocycles. The molecule has 1 aromatic heterocycles. The van der Waals surface area contributed by atoms with Crippen molar-refractivity contribution < 1.29 is 0 Å². The number of hydrogen-bond acceptors (Lipinski definition) is 4. The first-order valence-electron chi connectivity index (χ1n) is 6.81. The van der Waals surface area contributed by atoms with E-state index < -0.39 is 0 Å². The molecule has 0 spiro atoms. The van der Waals surface area contributed by atoms with Crippen LogP contribution in [-0.4, -0.2) is 9.78 Å². The van der Waals surface area contributed by atoms with Gasteiger partial charge in [-0.3, -0.25) is 4.79 Å². The van der Waals surface area contributed by atoms with Crippen molar-refractivity contribution in [2.45, 2.75) is 26.9 Å². The summed E-state index contributed by atoms with van der Waals surface area (Å²) in [5.41, 5.74) is 8.04. The van der Waals surface area contributed by atoms with Gasteiger partial charge in [-0.05, 0) is 39.5 Å². The lowest BCUT2D eigenvalue weighted by Gasteiger charge is -2.12. The van der Waals surface area contributed by atoms with E-state index in [1.807, 2.05) is 24.3 Å². The van der Waals surface area contributed by atoms with E-state index in [0.717, 1.165) is 11.3 Å². The Kier molecular flexibility index (Phi) is 5.01. The van der Waals surface area contributed by atoms with Crippen molar-refractivity contribution in [2.24, 2.45) is 5.92 Å². The van der Waals surface area contributed by atoms with Gasteiger partial charge < -0.3 is 11.1 Å². The molecule has 0 unspecified atom stereocenters. The van der Waals surface area contributed by atoms with Gasteiger partial charge in [0.1, 0.15) is 4.47 Å². The van der Waals surface area contributed by atoms with Crippen LogP contribution in [0.5, 0.6) is 0 Å². The molecule has 5 nitrogen and oxygen atoms in total. The van der Waals surface area contributed by atoms with Crippen molar-refractivity contribution in [3.8, 4) is 0 Å². The number of benzene rings is 1. The van der Waals surface area contributed by atoms with Crippen LogP contribution in [0.4, 0.5) is 11.4 Å². The van der Waals surface area contributed by atoms with E-state index in [1.165, 1.54) is 4.68 Å². The molecule has 21 heavy (non-hydrogen) atoms. The van der Waals surface area contributed by atoms with Gasteiger partial charge in [-0.25, -0.2) is 4.68 Å². The minimum Gasteiger partial charge on any atom is -0.399 e. The Hall–Kier alpha value is -1.82. The molecule has 1 heterocycles. The third kappa shape index (κ3) is 4.07. The number of nitrogen functional groups attached to an aromatic ring is 1. The summed E-state index contributed by atoms with van der Waals surface area (Å²) in [6.07, 6.45) is 1.67. The Morgan fingerprint density at radius 1 is 1.33 bits per heavy atom. The highest BCUT2D eigenvalue weighted by Crippen LogP contribution is 2.17. The molecule has 1 aromatic carbocycles. The smallest absolute Gasteiger partial charge is 0.283 e. The first-order chi connectivity index (χ1) is 9.97. The van der Waals surface area contributed by atoms with Gasteiger partial charge >= 0.3 is 0 Å². The zero-order valence-corrected chi connectivity index (χ0v) is 13.7. The number of anilines is 2. The molecule has 3 N–H and O–H groups in total. The predicted octanol–water partition coefficient (Wildman–Crippen LogP) is 2.86. The zero-order valence-electron chi connectivity index (χ0n) is 12.1. The summed E-state index contributed by atoms with van der Waals surface area (Å²) in [5.74, 6) is 0.371. The summed E-state index contributed by atoms with van der Waals surface area (Å²) in [6, 6.07) is 7.60. The number of rotatable bonds is 5. The van der Waals surface area contributed by atoms with Crippen LogP contribution in [0.3, 0.4) is 0 Å². The fourth-order valence-electron chi connectivity index (χ4n) is 1.90. The van der Waals surface area contributed by atoms with Crippen molar-refractivity contribution in [2.75, 3.05) is 11.1 Å². The summed E-state index contributed by atoms with van der Waals surface area (Å²) >= 11 is 3.35. The molecular formula is C15H19BrN4O. The number of aromatic nitrogens is 2. The first kappa shape index (κ1) is 15.6. The van der Waals surface area contributed by atoms with E-state index >= 15 is 0 Å². The molecule has 0 amide bonds. The highest BCUT2D eigenvalue weighted by molar-refractivity contribution is 9.10. The molecule has 0 saturated heterocycles. The van der Waals surface area contributed by atoms with Gasteiger partial charge in [0.2, 0.25) is 0 Å². The third-order valence-corrected chi connectivity index (χ3v) is 3.75. The van der Waals surface area contributed by atoms with Gasteiger partial charge in [0.25, 0.3) is 5.56 Å². The Balaban J connectivity index is 2.12. The predicted molar refractivity (Wildman–Crippen MR) is 89.2 cm³/mol. The van der Waals surface area contributed by atoms with Crippen LogP contribution < -0.4 is 16.6 Å². The molecule has 0 aliphatic carbocycles. The summed E-state index contributed by atoms with van der Waals surface area (Å²) in [5, 5.41) is 7.40. The Labute approximate surface area is 132 Å². The van der Waals surface area contributed by atoms with E-state index in [1.54, 1.807) is 6.20 Å². The van der Waals surface area contributed by atoms with E-state index in [0.29, 0.717) is 29.2 Å². The van der Waals surface area contributed by atoms with Crippen molar-refractivity contribution in [1.82, 2.24) is 9.78 Å². The molecule has 0 saturated carbocycles. The van der Waals surface area contributed by atoms with Gasteiger partial charge in [0.15, 0.2) is 0 Å². The highest BCUT2D eigenvalue weighted by Gasteiger charge is 2.09. The van der Waals surface area contributed by atoms with Crippen LogP contribution in [0.2, 0.25) is 0 Å². The zero-order chi connectivity index (χ0) is 15.4. The number of nitrogens with zero attached hydrogens (tertiary/aromatic N) is 2. The van der Waals surface area contributed by atoms with Gasteiger partial charge in [0, 0.05) is 18.8 Å². The summed E-state index contributed by atoms with van der Waals surface area (Å²) < 4.78 is 1.98. The molecule has 0 bridgehead atoms. The Morgan fingerprint density at radius 3 is 2.62 bits per heavy atom. The number of nitrogens with one attached hydrogen (secondary N) is 1. The first-order valence-corrected chi connectivity index (χ1v) is 7.60. The van der Waals surface area contributed by atoms with E-state index in [-0.39, 0.29) is 5.56 Å². The normalized spacial score (nSPS) is 10.9. The van der Waals surface area contributed by atoms with Crippen LogP contribution in [0.1, 0.15) is 19.4 Å². The van der Waals surface area contributed by atoms with Gasteiger partial charge in [-0.2, -0.15) is 5.10 Å². The quantitative estimate of drug-likeness (QED) is 0.813. The lowest BCUT2D eigenvalue weighted by molar-refractivity contribution is 0.462. The molecule has 2 aromatic rings. The molecule has 0 fully saturated rings. The lowest BCUT2D eigenvalue weighted by Crippen LogP contribution is -2.26. The second-order valence-electron chi connectivity index (χ2n) is 5.35.